The first kappa shape index (κ1) is 21.0. The fourth-order valence-electron chi connectivity index (χ4n) is 2.53. The van der Waals surface area contributed by atoms with Gasteiger partial charge in [-0.3, -0.25) is 14.2 Å². The maximum atomic E-state index is 12.8. The summed E-state index contributed by atoms with van der Waals surface area (Å²) in [5.41, 5.74) is -0.415. The number of carbonyl (C=O) groups excluding carboxylic acids is 1. The number of para-hydroxylation sites is 1. The van der Waals surface area contributed by atoms with Crippen molar-refractivity contribution in [3.63, 3.8) is 0 Å². The number of rotatable bonds is 7. The van der Waals surface area contributed by atoms with Crippen molar-refractivity contribution in [2.45, 2.75) is 63.5 Å². The molecule has 1 amide bonds. The van der Waals surface area contributed by atoms with E-state index in [1.165, 1.54) is 11.8 Å². The SMILES string of the molecule is CCCn1c(S[C@H](C)C(=O)N[C@@](C)(C#N)C(C)C)nc2ccccc2c1=O. The van der Waals surface area contributed by atoms with E-state index in [9.17, 15) is 14.9 Å². The largest absolute Gasteiger partial charge is 0.337 e. The molecule has 0 aliphatic heterocycles. The molecule has 0 bridgehead atoms. The van der Waals surface area contributed by atoms with Gasteiger partial charge in [0, 0.05) is 6.54 Å². The Hall–Kier alpha value is -2.33. The van der Waals surface area contributed by atoms with Crippen LogP contribution < -0.4 is 10.9 Å². The third-order valence-corrected chi connectivity index (χ3v) is 5.79. The Labute approximate surface area is 164 Å². The van der Waals surface area contributed by atoms with Crippen molar-refractivity contribution in [3.8, 4) is 6.07 Å². The second kappa shape index (κ2) is 8.57. The van der Waals surface area contributed by atoms with Crippen LogP contribution in [0.25, 0.3) is 10.9 Å². The van der Waals surface area contributed by atoms with Crippen molar-refractivity contribution < 1.29 is 4.79 Å². The molecule has 0 fully saturated rings. The maximum absolute atomic E-state index is 12.8. The first-order valence-electron chi connectivity index (χ1n) is 9.13. The molecule has 1 aromatic carbocycles. The number of nitriles is 1. The number of carbonyl (C=O) groups is 1. The van der Waals surface area contributed by atoms with Crippen LogP contribution in [-0.2, 0) is 11.3 Å². The number of benzene rings is 1. The molecule has 0 saturated heterocycles. The normalized spacial score (nSPS) is 14.6. The van der Waals surface area contributed by atoms with E-state index in [2.05, 4.69) is 16.4 Å². The highest BCUT2D eigenvalue weighted by atomic mass is 32.2. The standard InChI is InChI=1S/C20H26N4O2S/c1-6-11-24-18(26)15-9-7-8-10-16(15)22-19(24)27-14(4)17(25)23-20(5,12-21)13(2)3/h7-10,13-14H,6,11H2,1-5H3,(H,23,25)/t14-,20+/m1/s1. The summed E-state index contributed by atoms with van der Waals surface area (Å²) < 4.78 is 1.63. The summed E-state index contributed by atoms with van der Waals surface area (Å²) in [4.78, 5) is 30.1. The summed E-state index contributed by atoms with van der Waals surface area (Å²) in [5.74, 6) is -0.274. The Kier molecular flexibility index (Phi) is 6.66. The van der Waals surface area contributed by atoms with E-state index >= 15 is 0 Å². The lowest BCUT2D eigenvalue weighted by atomic mass is 9.90. The summed E-state index contributed by atoms with van der Waals surface area (Å²) in [6.45, 7) is 9.79. The molecular weight excluding hydrogens is 360 g/mol. The van der Waals surface area contributed by atoms with Crippen molar-refractivity contribution in [2.24, 2.45) is 5.92 Å². The molecule has 0 saturated carbocycles. The highest BCUT2D eigenvalue weighted by Gasteiger charge is 2.32. The molecule has 144 valence electrons. The second-order valence-electron chi connectivity index (χ2n) is 7.09. The van der Waals surface area contributed by atoms with E-state index in [-0.39, 0.29) is 17.4 Å². The van der Waals surface area contributed by atoms with Crippen LogP contribution >= 0.6 is 11.8 Å². The number of hydrogen-bond donors (Lipinski definition) is 1. The molecule has 0 aliphatic carbocycles. The molecule has 2 aromatic rings. The Morgan fingerprint density at radius 1 is 1.37 bits per heavy atom. The Balaban J connectivity index is 2.34. The van der Waals surface area contributed by atoms with E-state index in [1.807, 2.05) is 32.9 Å². The van der Waals surface area contributed by atoms with Gasteiger partial charge < -0.3 is 5.32 Å². The topological polar surface area (TPSA) is 87.8 Å². The van der Waals surface area contributed by atoms with Crippen LogP contribution in [0.3, 0.4) is 0 Å². The lowest BCUT2D eigenvalue weighted by Gasteiger charge is -2.28. The molecule has 1 N–H and O–H groups in total. The van der Waals surface area contributed by atoms with Gasteiger partial charge in [-0.25, -0.2) is 4.98 Å². The number of amides is 1. The van der Waals surface area contributed by atoms with E-state index in [0.717, 1.165) is 6.42 Å². The van der Waals surface area contributed by atoms with Gasteiger partial charge in [0.15, 0.2) is 5.16 Å². The average molecular weight is 387 g/mol. The molecule has 1 aromatic heterocycles. The van der Waals surface area contributed by atoms with Gasteiger partial charge in [0.05, 0.1) is 22.2 Å². The van der Waals surface area contributed by atoms with E-state index in [4.69, 9.17) is 0 Å². The van der Waals surface area contributed by atoms with Crippen LogP contribution in [0.4, 0.5) is 0 Å². The monoisotopic (exact) mass is 386 g/mol. The Bertz CT molecular complexity index is 932. The molecule has 1 heterocycles. The van der Waals surface area contributed by atoms with Crippen molar-refractivity contribution in [3.05, 3.63) is 34.6 Å². The molecular formula is C20H26N4O2S. The minimum atomic E-state index is -0.939. The van der Waals surface area contributed by atoms with Crippen LogP contribution in [-0.4, -0.2) is 26.2 Å². The summed E-state index contributed by atoms with van der Waals surface area (Å²) in [5, 5.41) is 12.8. The van der Waals surface area contributed by atoms with Gasteiger partial charge in [0.1, 0.15) is 5.54 Å². The minimum Gasteiger partial charge on any atom is -0.337 e. The molecule has 0 spiro atoms. The van der Waals surface area contributed by atoms with Crippen molar-refractivity contribution in [1.82, 2.24) is 14.9 Å². The summed E-state index contributed by atoms with van der Waals surface area (Å²) in [7, 11) is 0. The van der Waals surface area contributed by atoms with Crippen LogP contribution in [0, 0.1) is 17.2 Å². The Morgan fingerprint density at radius 2 is 2.04 bits per heavy atom. The van der Waals surface area contributed by atoms with Crippen molar-refractivity contribution in [2.75, 3.05) is 0 Å². The molecule has 2 rings (SSSR count). The predicted molar refractivity (Wildman–Crippen MR) is 109 cm³/mol. The highest BCUT2D eigenvalue weighted by molar-refractivity contribution is 8.00. The first-order valence-corrected chi connectivity index (χ1v) is 10.0. The Morgan fingerprint density at radius 3 is 2.63 bits per heavy atom. The summed E-state index contributed by atoms with van der Waals surface area (Å²) >= 11 is 1.24. The van der Waals surface area contributed by atoms with E-state index in [0.29, 0.717) is 22.6 Å². The molecule has 2 atom stereocenters. The van der Waals surface area contributed by atoms with Crippen LogP contribution in [0.5, 0.6) is 0 Å². The zero-order valence-electron chi connectivity index (χ0n) is 16.4. The average Bonchev–Trinajstić information content (AvgIpc) is 2.64. The van der Waals surface area contributed by atoms with Gasteiger partial charge in [0.2, 0.25) is 5.91 Å². The fourth-order valence-corrected chi connectivity index (χ4v) is 3.46. The van der Waals surface area contributed by atoms with Crippen molar-refractivity contribution in [1.29, 1.82) is 5.26 Å². The summed E-state index contributed by atoms with van der Waals surface area (Å²) in [6.07, 6.45) is 0.786. The molecule has 0 unspecified atom stereocenters. The van der Waals surface area contributed by atoms with E-state index in [1.54, 1.807) is 30.5 Å². The minimum absolute atomic E-state index is 0.0271. The lowest BCUT2D eigenvalue weighted by Crippen LogP contribution is -2.51. The van der Waals surface area contributed by atoms with Crippen LogP contribution in [0.1, 0.15) is 41.0 Å². The molecule has 6 nitrogen and oxygen atoms in total. The number of thioether (sulfide) groups is 1. The fraction of sp³-hybridized carbons (Fsp3) is 0.500. The zero-order chi connectivity index (χ0) is 20.2. The van der Waals surface area contributed by atoms with Gasteiger partial charge in [-0.2, -0.15) is 5.26 Å². The molecule has 7 heteroatoms. The number of aromatic nitrogens is 2. The number of nitrogens with zero attached hydrogens (tertiary/aromatic N) is 3. The first-order chi connectivity index (χ1) is 12.7. The van der Waals surface area contributed by atoms with Crippen LogP contribution in [0.2, 0.25) is 0 Å². The van der Waals surface area contributed by atoms with Gasteiger partial charge in [-0.1, -0.05) is 44.7 Å². The van der Waals surface area contributed by atoms with Gasteiger partial charge in [-0.15, -0.1) is 0 Å². The molecule has 0 aliphatic rings. The zero-order valence-corrected chi connectivity index (χ0v) is 17.3. The van der Waals surface area contributed by atoms with Gasteiger partial charge >= 0.3 is 0 Å². The number of fused-ring (bicyclic) bond motifs is 1. The molecule has 27 heavy (non-hydrogen) atoms. The van der Waals surface area contributed by atoms with E-state index < -0.39 is 10.8 Å². The number of hydrogen-bond acceptors (Lipinski definition) is 5. The van der Waals surface area contributed by atoms with Crippen LogP contribution in [0.15, 0.2) is 34.2 Å². The number of nitrogens with one attached hydrogen (secondary N) is 1. The van der Waals surface area contributed by atoms with Gasteiger partial charge in [0.25, 0.3) is 5.56 Å². The smallest absolute Gasteiger partial charge is 0.262 e. The maximum Gasteiger partial charge on any atom is 0.262 e. The second-order valence-corrected chi connectivity index (χ2v) is 8.39. The van der Waals surface area contributed by atoms with Gasteiger partial charge in [-0.05, 0) is 38.3 Å². The van der Waals surface area contributed by atoms with Crippen molar-refractivity contribution >= 4 is 28.6 Å². The predicted octanol–water partition coefficient (Wildman–Crippen LogP) is 3.34. The lowest BCUT2D eigenvalue weighted by molar-refractivity contribution is -0.121. The third-order valence-electron chi connectivity index (χ3n) is 4.70. The molecule has 0 radical (unpaired) electrons. The third kappa shape index (κ3) is 4.51. The highest BCUT2D eigenvalue weighted by Crippen LogP contribution is 2.24. The summed E-state index contributed by atoms with van der Waals surface area (Å²) in [6, 6.07) is 9.40. The quantitative estimate of drug-likeness (QED) is 0.582.